The highest BCUT2D eigenvalue weighted by molar-refractivity contribution is 6.03. The third-order valence-corrected chi connectivity index (χ3v) is 3.17. The van der Waals surface area contributed by atoms with E-state index in [1.807, 2.05) is 30.3 Å². The summed E-state index contributed by atoms with van der Waals surface area (Å²) in [5.74, 6) is -1.79. The molecule has 6 heteroatoms. The lowest BCUT2D eigenvalue weighted by Crippen LogP contribution is -2.30. The number of benzene rings is 1. The van der Waals surface area contributed by atoms with Gasteiger partial charge in [-0.15, -0.1) is 0 Å². The molecule has 1 aromatic rings. The number of hydrogen-bond acceptors (Lipinski definition) is 5. The maximum absolute atomic E-state index is 11.9. The van der Waals surface area contributed by atoms with E-state index in [-0.39, 0.29) is 32.1 Å². The third-order valence-electron chi connectivity index (χ3n) is 3.17. The van der Waals surface area contributed by atoms with E-state index >= 15 is 0 Å². The Bertz CT molecular complexity index is 528. The molecule has 0 aliphatic carbocycles. The second kappa shape index (κ2) is 6.88. The quantitative estimate of drug-likeness (QED) is 0.619. The largest absolute Gasteiger partial charge is 0.465 e. The molecule has 1 amide bonds. The molecule has 0 bridgehead atoms. The number of ether oxygens (including phenoxy) is 2. The van der Waals surface area contributed by atoms with Gasteiger partial charge in [-0.25, -0.2) is 4.79 Å². The van der Waals surface area contributed by atoms with Crippen molar-refractivity contribution >= 4 is 17.8 Å². The van der Waals surface area contributed by atoms with Crippen molar-refractivity contribution in [1.29, 1.82) is 0 Å². The van der Waals surface area contributed by atoms with E-state index in [1.165, 1.54) is 4.90 Å². The molecule has 0 spiro atoms. The normalized spacial score (nSPS) is 17.7. The Morgan fingerprint density at radius 1 is 1.24 bits per heavy atom. The summed E-state index contributed by atoms with van der Waals surface area (Å²) in [6.07, 6.45) is -0.598. The van der Waals surface area contributed by atoms with Crippen LogP contribution in [-0.2, 0) is 25.7 Å². The molecule has 1 saturated heterocycles. The summed E-state index contributed by atoms with van der Waals surface area (Å²) in [6, 6.07) is 9.24. The maximum Gasteiger partial charge on any atom is 0.410 e. The van der Waals surface area contributed by atoms with Gasteiger partial charge in [-0.05, 0) is 12.5 Å². The molecule has 0 saturated carbocycles. The minimum atomic E-state index is -0.894. The van der Waals surface area contributed by atoms with Gasteiger partial charge >= 0.3 is 12.1 Å². The molecule has 1 aliphatic rings. The molecular formula is C15H17NO5. The number of nitrogens with zero attached hydrogens (tertiary/aromatic N) is 1. The van der Waals surface area contributed by atoms with Crippen LogP contribution in [0.5, 0.6) is 0 Å². The molecule has 1 atom stereocenters. The fraction of sp³-hybridized carbons (Fsp3) is 0.400. The first-order valence-corrected chi connectivity index (χ1v) is 6.76. The molecule has 0 unspecified atom stereocenters. The number of carbonyl (C=O) groups is 3. The van der Waals surface area contributed by atoms with Crippen molar-refractivity contribution in [2.24, 2.45) is 5.92 Å². The average Bonchev–Trinajstić information content (AvgIpc) is 2.88. The average molecular weight is 291 g/mol. The first-order chi connectivity index (χ1) is 10.1. The smallest absolute Gasteiger partial charge is 0.410 e. The van der Waals surface area contributed by atoms with Crippen LogP contribution in [0.2, 0.25) is 0 Å². The monoisotopic (exact) mass is 291 g/mol. The second-order valence-electron chi connectivity index (χ2n) is 4.69. The molecule has 112 valence electrons. The molecule has 6 nitrogen and oxygen atoms in total. The van der Waals surface area contributed by atoms with E-state index in [4.69, 9.17) is 9.47 Å². The Labute approximate surface area is 122 Å². The summed E-state index contributed by atoms with van der Waals surface area (Å²) in [5.41, 5.74) is 0.860. The van der Waals surface area contributed by atoms with Gasteiger partial charge in [0.15, 0.2) is 5.78 Å². The number of carbonyl (C=O) groups excluding carboxylic acids is 3. The number of ketones is 1. The Morgan fingerprint density at radius 2 is 1.95 bits per heavy atom. The predicted molar refractivity (Wildman–Crippen MR) is 73.3 cm³/mol. The highest BCUT2D eigenvalue weighted by atomic mass is 16.6. The SMILES string of the molecule is CCOC(=O)[C@@H]1CN(C(=O)OCc2ccccc2)CC1=O. The first kappa shape index (κ1) is 15.0. The molecule has 0 radical (unpaired) electrons. The van der Waals surface area contributed by atoms with E-state index in [9.17, 15) is 14.4 Å². The minimum absolute atomic E-state index is 0.0191. The van der Waals surface area contributed by atoms with Crippen molar-refractivity contribution in [1.82, 2.24) is 4.90 Å². The lowest BCUT2D eigenvalue weighted by atomic mass is 10.1. The number of Topliss-reactive ketones (excluding diaryl/α,β-unsaturated/α-hetero) is 1. The van der Waals surface area contributed by atoms with Crippen LogP contribution < -0.4 is 0 Å². The molecular weight excluding hydrogens is 274 g/mol. The van der Waals surface area contributed by atoms with Crippen LogP contribution in [-0.4, -0.2) is 42.4 Å². The van der Waals surface area contributed by atoms with Crippen LogP contribution in [0.3, 0.4) is 0 Å². The number of amides is 1. The van der Waals surface area contributed by atoms with Gasteiger partial charge in [-0.1, -0.05) is 30.3 Å². The van der Waals surface area contributed by atoms with Crippen LogP contribution in [0.15, 0.2) is 30.3 Å². The number of rotatable bonds is 4. The van der Waals surface area contributed by atoms with Crippen LogP contribution in [0.1, 0.15) is 12.5 Å². The second-order valence-corrected chi connectivity index (χ2v) is 4.69. The van der Waals surface area contributed by atoms with Gasteiger partial charge in [0.2, 0.25) is 0 Å². The molecule has 2 rings (SSSR count). The van der Waals surface area contributed by atoms with Gasteiger partial charge in [0, 0.05) is 6.54 Å². The van der Waals surface area contributed by atoms with Gasteiger partial charge in [0.1, 0.15) is 12.5 Å². The summed E-state index contributed by atoms with van der Waals surface area (Å²) in [4.78, 5) is 36.4. The Kier molecular flexibility index (Phi) is 4.92. The zero-order valence-electron chi connectivity index (χ0n) is 11.8. The molecule has 0 N–H and O–H groups in total. The van der Waals surface area contributed by atoms with E-state index in [0.29, 0.717) is 0 Å². The van der Waals surface area contributed by atoms with Crippen molar-refractivity contribution in [3.8, 4) is 0 Å². The van der Waals surface area contributed by atoms with Gasteiger partial charge < -0.3 is 9.47 Å². The number of hydrogen-bond donors (Lipinski definition) is 0. The summed E-state index contributed by atoms with van der Waals surface area (Å²) in [7, 11) is 0. The highest BCUT2D eigenvalue weighted by Crippen LogP contribution is 2.16. The summed E-state index contributed by atoms with van der Waals surface area (Å²) in [5, 5.41) is 0. The molecule has 1 aromatic carbocycles. The number of likely N-dealkylation sites (tertiary alicyclic amines) is 1. The van der Waals surface area contributed by atoms with Crippen molar-refractivity contribution in [3.05, 3.63) is 35.9 Å². The van der Waals surface area contributed by atoms with Gasteiger partial charge in [0.05, 0.1) is 13.2 Å². The molecule has 1 aliphatic heterocycles. The summed E-state index contributed by atoms with van der Waals surface area (Å²) in [6.45, 7) is 1.92. The van der Waals surface area contributed by atoms with Crippen molar-refractivity contribution in [2.75, 3.05) is 19.7 Å². The molecule has 21 heavy (non-hydrogen) atoms. The van der Waals surface area contributed by atoms with Crippen LogP contribution in [0.4, 0.5) is 4.79 Å². The Hall–Kier alpha value is -2.37. The van der Waals surface area contributed by atoms with Crippen LogP contribution >= 0.6 is 0 Å². The summed E-state index contributed by atoms with van der Waals surface area (Å²) < 4.78 is 9.95. The van der Waals surface area contributed by atoms with Crippen molar-refractivity contribution < 1.29 is 23.9 Å². The molecule has 1 heterocycles. The van der Waals surface area contributed by atoms with Gasteiger partial charge in [-0.3, -0.25) is 14.5 Å². The zero-order valence-corrected chi connectivity index (χ0v) is 11.8. The maximum atomic E-state index is 11.9. The fourth-order valence-corrected chi connectivity index (χ4v) is 2.08. The lowest BCUT2D eigenvalue weighted by molar-refractivity contribution is -0.149. The molecule has 1 fully saturated rings. The van der Waals surface area contributed by atoms with E-state index in [0.717, 1.165) is 5.56 Å². The predicted octanol–water partition coefficient (Wildman–Crippen LogP) is 1.39. The third kappa shape index (κ3) is 3.81. The Balaban J connectivity index is 1.87. The zero-order chi connectivity index (χ0) is 15.2. The van der Waals surface area contributed by atoms with Crippen LogP contribution in [0.25, 0.3) is 0 Å². The lowest BCUT2D eigenvalue weighted by Gasteiger charge is -2.15. The van der Waals surface area contributed by atoms with Crippen LogP contribution in [0, 0.1) is 5.92 Å². The first-order valence-electron chi connectivity index (χ1n) is 6.76. The number of esters is 1. The van der Waals surface area contributed by atoms with E-state index in [1.54, 1.807) is 6.92 Å². The van der Waals surface area contributed by atoms with E-state index < -0.39 is 18.0 Å². The highest BCUT2D eigenvalue weighted by Gasteiger charge is 2.39. The molecule has 0 aromatic heterocycles. The standard InChI is InChI=1S/C15H17NO5/c1-2-20-14(18)12-8-16(9-13(12)17)15(19)21-10-11-6-4-3-5-7-11/h3-7,12H,2,8-10H2,1H3/t12-/m1/s1. The Morgan fingerprint density at radius 3 is 2.62 bits per heavy atom. The van der Waals surface area contributed by atoms with E-state index in [2.05, 4.69) is 0 Å². The fourth-order valence-electron chi connectivity index (χ4n) is 2.08. The minimum Gasteiger partial charge on any atom is -0.465 e. The summed E-state index contributed by atoms with van der Waals surface area (Å²) >= 11 is 0. The van der Waals surface area contributed by atoms with Gasteiger partial charge in [0.25, 0.3) is 0 Å². The van der Waals surface area contributed by atoms with Crippen molar-refractivity contribution in [3.63, 3.8) is 0 Å². The van der Waals surface area contributed by atoms with Gasteiger partial charge in [-0.2, -0.15) is 0 Å². The van der Waals surface area contributed by atoms with Crippen molar-refractivity contribution in [2.45, 2.75) is 13.5 Å². The topological polar surface area (TPSA) is 72.9 Å².